The van der Waals surface area contributed by atoms with Crippen LogP contribution in [-0.2, 0) is 15.8 Å². The van der Waals surface area contributed by atoms with Crippen molar-refractivity contribution in [3.8, 4) is 0 Å². The summed E-state index contributed by atoms with van der Waals surface area (Å²) >= 11 is 2.92. The Morgan fingerprint density at radius 3 is 2.45 bits per heavy atom. The first kappa shape index (κ1) is 16.4. The number of nitrogens with one attached hydrogen (secondary N) is 1. The molecule has 1 unspecified atom stereocenters. The van der Waals surface area contributed by atoms with E-state index in [-0.39, 0.29) is 4.47 Å². The summed E-state index contributed by atoms with van der Waals surface area (Å²) in [5.74, 6) is -1.74. The summed E-state index contributed by atoms with van der Waals surface area (Å²) in [5.41, 5.74) is 8.75. The topological polar surface area (TPSA) is 98.2 Å². The standard InChI is InChI=1S/C11H11BrF3N3O2/c12-5-1-2-8(6(3-5)11(13,14)15)18-10(20)7(16)4-9(17)19/h1-3,7H,4,16H2,(H2,17,19)(H,18,20). The van der Waals surface area contributed by atoms with Gasteiger partial charge in [-0.25, -0.2) is 0 Å². The number of halogens is 4. The van der Waals surface area contributed by atoms with Crippen molar-refractivity contribution in [3.05, 3.63) is 28.2 Å². The smallest absolute Gasteiger partial charge is 0.370 e. The fourth-order valence-corrected chi connectivity index (χ4v) is 1.76. The van der Waals surface area contributed by atoms with E-state index in [1.165, 1.54) is 6.07 Å². The molecule has 0 aromatic heterocycles. The molecule has 9 heteroatoms. The Balaban J connectivity index is 2.98. The SMILES string of the molecule is NC(=O)CC(N)C(=O)Nc1ccc(Br)cc1C(F)(F)F. The molecule has 1 atom stereocenters. The zero-order valence-electron chi connectivity index (χ0n) is 10.00. The molecule has 0 saturated carbocycles. The van der Waals surface area contributed by atoms with Crippen LogP contribution in [0, 0.1) is 0 Å². The normalized spacial score (nSPS) is 12.8. The monoisotopic (exact) mass is 353 g/mol. The molecule has 1 rings (SSSR count). The lowest BCUT2D eigenvalue weighted by atomic mass is 10.1. The number of benzene rings is 1. The van der Waals surface area contributed by atoms with Crippen molar-refractivity contribution in [3.63, 3.8) is 0 Å². The predicted molar refractivity (Wildman–Crippen MR) is 69.6 cm³/mol. The Morgan fingerprint density at radius 1 is 1.35 bits per heavy atom. The molecule has 110 valence electrons. The second-order valence-corrected chi connectivity index (χ2v) is 4.87. The second kappa shape index (κ2) is 6.23. The Kier molecular flexibility index (Phi) is 5.12. The Labute approximate surface area is 120 Å². The lowest BCUT2D eigenvalue weighted by Gasteiger charge is -2.16. The molecule has 0 aliphatic heterocycles. The van der Waals surface area contributed by atoms with Crippen LogP contribution in [0.4, 0.5) is 18.9 Å². The van der Waals surface area contributed by atoms with Crippen LogP contribution in [0.15, 0.2) is 22.7 Å². The van der Waals surface area contributed by atoms with Crippen molar-refractivity contribution >= 4 is 33.4 Å². The minimum absolute atomic E-state index is 0.212. The minimum Gasteiger partial charge on any atom is -0.370 e. The van der Waals surface area contributed by atoms with E-state index >= 15 is 0 Å². The molecule has 5 N–H and O–H groups in total. The highest BCUT2D eigenvalue weighted by Crippen LogP contribution is 2.36. The number of carbonyl (C=O) groups excluding carboxylic acids is 2. The summed E-state index contributed by atoms with van der Waals surface area (Å²) in [5, 5.41) is 2.04. The van der Waals surface area contributed by atoms with E-state index in [0.29, 0.717) is 0 Å². The van der Waals surface area contributed by atoms with Gasteiger partial charge in [-0.1, -0.05) is 15.9 Å². The molecule has 1 aromatic rings. The van der Waals surface area contributed by atoms with Gasteiger partial charge < -0.3 is 16.8 Å². The van der Waals surface area contributed by atoms with Gasteiger partial charge in [0, 0.05) is 4.47 Å². The molecule has 0 spiro atoms. The third-order valence-corrected chi connectivity index (χ3v) is 2.80. The van der Waals surface area contributed by atoms with Crippen LogP contribution in [0.25, 0.3) is 0 Å². The van der Waals surface area contributed by atoms with Gasteiger partial charge in [0.25, 0.3) is 0 Å². The van der Waals surface area contributed by atoms with Gasteiger partial charge in [-0.2, -0.15) is 13.2 Å². The minimum atomic E-state index is -4.64. The largest absolute Gasteiger partial charge is 0.418 e. The number of hydrogen-bond donors (Lipinski definition) is 3. The zero-order chi connectivity index (χ0) is 15.5. The molecular formula is C11H11BrF3N3O2. The molecular weight excluding hydrogens is 343 g/mol. The summed E-state index contributed by atoms with van der Waals surface area (Å²) in [4.78, 5) is 22.2. The van der Waals surface area contributed by atoms with Gasteiger partial charge in [0.05, 0.1) is 23.7 Å². The second-order valence-electron chi connectivity index (χ2n) is 3.95. The summed E-state index contributed by atoms with van der Waals surface area (Å²) in [6.45, 7) is 0. The maximum atomic E-state index is 12.8. The number of alkyl halides is 3. The van der Waals surface area contributed by atoms with Crippen molar-refractivity contribution in [2.75, 3.05) is 5.32 Å². The number of rotatable bonds is 4. The van der Waals surface area contributed by atoms with E-state index in [1.807, 2.05) is 5.32 Å². The molecule has 0 saturated heterocycles. The molecule has 0 fully saturated rings. The van der Waals surface area contributed by atoms with E-state index in [2.05, 4.69) is 15.9 Å². The van der Waals surface area contributed by atoms with Gasteiger partial charge in [0.15, 0.2) is 0 Å². The molecule has 5 nitrogen and oxygen atoms in total. The molecule has 0 heterocycles. The van der Waals surface area contributed by atoms with E-state index in [4.69, 9.17) is 11.5 Å². The highest BCUT2D eigenvalue weighted by molar-refractivity contribution is 9.10. The van der Waals surface area contributed by atoms with Gasteiger partial charge in [0.1, 0.15) is 0 Å². The summed E-state index contributed by atoms with van der Waals surface area (Å²) < 4.78 is 38.6. The predicted octanol–water partition coefficient (Wildman–Crippen LogP) is 1.61. The fraction of sp³-hybridized carbons (Fsp3) is 0.273. The van der Waals surface area contributed by atoms with E-state index in [0.717, 1.165) is 12.1 Å². The molecule has 2 amide bonds. The Morgan fingerprint density at radius 2 is 1.95 bits per heavy atom. The molecule has 0 radical (unpaired) electrons. The van der Waals surface area contributed by atoms with Crippen LogP contribution in [0.1, 0.15) is 12.0 Å². The average Bonchev–Trinajstić information content (AvgIpc) is 2.29. The first-order valence-corrected chi connectivity index (χ1v) is 6.12. The highest BCUT2D eigenvalue weighted by Gasteiger charge is 2.34. The number of carbonyl (C=O) groups is 2. The van der Waals surface area contributed by atoms with Crippen molar-refractivity contribution in [2.45, 2.75) is 18.6 Å². The van der Waals surface area contributed by atoms with E-state index in [1.54, 1.807) is 0 Å². The number of primary amides is 1. The van der Waals surface area contributed by atoms with Gasteiger partial charge in [-0.15, -0.1) is 0 Å². The maximum absolute atomic E-state index is 12.8. The zero-order valence-corrected chi connectivity index (χ0v) is 11.6. The number of amides is 2. The van der Waals surface area contributed by atoms with Crippen molar-refractivity contribution < 1.29 is 22.8 Å². The maximum Gasteiger partial charge on any atom is 0.418 e. The average molecular weight is 354 g/mol. The third kappa shape index (κ3) is 4.49. The number of hydrogen-bond acceptors (Lipinski definition) is 3. The van der Waals surface area contributed by atoms with Crippen LogP contribution >= 0.6 is 15.9 Å². The first-order valence-electron chi connectivity index (χ1n) is 5.32. The van der Waals surface area contributed by atoms with Crippen LogP contribution in [0.5, 0.6) is 0 Å². The van der Waals surface area contributed by atoms with Crippen LogP contribution in [-0.4, -0.2) is 17.9 Å². The highest BCUT2D eigenvalue weighted by atomic mass is 79.9. The van der Waals surface area contributed by atoms with Gasteiger partial charge in [-0.3, -0.25) is 9.59 Å². The van der Waals surface area contributed by atoms with E-state index in [9.17, 15) is 22.8 Å². The van der Waals surface area contributed by atoms with E-state index < -0.39 is 41.7 Å². The summed E-state index contributed by atoms with van der Waals surface area (Å²) in [6, 6.07) is 1.94. The number of nitrogens with two attached hydrogens (primary N) is 2. The van der Waals surface area contributed by atoms with Crippen LogP contribution in [0.2, 0.25) is 0 Å². The summed E-state index contributed by atoms with van der Waals surface area (Å²) in [6.07, 6.45) is -5.09. The van der Waals surface area contributed by atoms with Crippen LogP contribution < -0.4 is 16.8 Å². The fourth-order valence-electron chi connectivity index (χ4n) is 1.39. The van der Waals surface area contributed by atoms with Gasteiger partial charge in [0.2, 0.25) is 11.8 Å². The van der Waals surface area contributed by atoms with Gasteiger partial charge in [-0.05, 0) is 18.2 Å². The van der Waals surface area contributed by atoms with Crippen molar-refractivity contribution in [2.24, 2.45) is 11.5 Å². The third-order valence-electron chi connectivity index (χ3n) is 2.30. The van der Waals surface area contributed by atoms with Crippen molar-refractivity contribution in [1.82, 2.24) is 0 Å². The number of anilines is 1. The lowest BCUT2D eigenvalue weighted by Crippen LogP contribution is -2.39. The van der Waals surface area contributed by atoms with Crippen molar-refractivity contribution in [1.29, 1.82) is 0 Å². The molecule has 0 bridgehead atoms. The quantitative estimate of drug-likeness (QED) is 0.766. The van der Waals surface area contributed by atoms with Crippen LogP contribution in [0.3, 0.4) is 0 Å². The molecule has 20 heavy (non-hydrogen) atoms. The molecule has 0 aliphatic carbocycles. The first-order chi connectivity index (χ1) is 9.11. The van der Waals surface area contributed by atoms with Gasteiger partial charge >= 0.3 is 6.18 Å². The summed E-state index contributed by atoms with van der Waals surface area (Å²) in [7, 11) is 0. The lowest BCUT2D eigenvalue weighted by molar-refractivity contribution is -0.137. The Hall–Kier alpha value is -1.61. The molecule has 1 aromatic carbocycles. The Bertz CT molecular complexity index is 534. The molecule has 0 aliphatic rings.